The van der Waals surface area contributed by atoms with Gasteiger partial charge in [0, 0.05) is 6.07 Å². The van der Waals surface area contributed by atoms with E-state index in [9.17, 15) is 14.9 Å². The topological polar surface area (TPSA) is 137 Å². The lowest BCUT2D eigenvalue weighted by atomic mass is 10.4. The van der Waals surface area contributed by atoms with Gasteiger partial charge in [-0.15, -0.1) is 5.10 Å². The second-order valence-electron chi connectivity index (χ2n) is 3.35. The van der Waals surface area contributed by atoms with Crippen LogP contribution in [-0.2, 0) is 11.3 Å². The summed E-state index contributed by atoms with van der Waals surface area (Å²) < 4.78 is 1.48. The summed E-state index contributed by atoms with van der Waals surface area (Å²) in [5.41, 5.74) is -0.161. The molecule has 104 valence electrons. The van der Waals surface area contributed by atoms with Crippen LogP contribution in [0, 0.1) is 10.1 Å². The van der Waals surface area contributed by atoms with Gasteiger partial charge in [0.2, 0.25) is 5.16 Å². The van der Waals surface area contributed by atoms with Crippen LogP contribution in [0.2, 0.25) is 0 Å². The third-order valence-electron chi connectivity index (χ3n) is 1.98. The molecule has 0 atom stereocenters. The van der Waals surface area contributed by atoms with E-state index in [2.05, 4.69) is 36.4 Å². The maximum atomic E-state index is 10.6. The minimum Gasteiger partial charge on any atom is -0.480 e. The first kappa shape index (κ1) is 14.3. The van der Waals surface area contributed by atoms with Gasteiger partial charge in [-0.25, -0.2) is 9.67 Å². The van der Waals surface area contributed by atoms with Gasteiger partial charge in [-0.2, -0.15) is 0 Å². The van der Waals surface area contributed by atoms with Crippen molar-refractivity contribution < 1.29 is 14.8 Å². The number of rotatable bonds is 5. The zero-order valence-corrected chi connectivity index (χ0v) is 11.9. The lowest BCUT2D eigenvalue weighted by Gasteiger charge is -2.02. The molecule has 0 unspecified atom stereocenters. The fourth-order valence-corrected chi connectivity index (χ4v) is 2.47. The first-order valence-corrected chi connectivity index (χ1v) is 6.54. The van der Waals surface area contributed by atoms with E-state index in [0.717, 1.165) is 22.6 Å². The molecule has 20 heavy (non-hydrogen) atoms. The predicted molar refractivity (Wildman–Crippen MR) is 68.2 cm³/mol. The van der Waals surface area contributed by atoms with Crippen molar-refractivity contribution in [3.8, 4) is 0 Å². The van der Waals surface area contributed by atoms with Gasteiger partial charge in [-0.05, 0) is 38.1 Å². The van der Waals surface area contributed by atoms with Crippen molar-refractivity contribution in [1.82, 2.24) is 25.2 Å². The Morgan fingerprint density at radius 1 is 1.60 bits per heavy atom. The monoisotopic (exact) mass is 360 g/mol. The predicted octanol–water partition coefficient (Wildman–Crippen LogP) is 0.975. The van der Waals surface area contributed by atoms with Crippen LogP contribution in [0.1, 0.15) is 0 Å². The molecule has 0 fully saturated rings. The molecule has 10 nitrogen and oxygen atoms in total. The third kappa shape index (κ3) is 3.27. The van der Waals surface area contributed by atoms with E-state index in [4.69, 9.17) is 5.11 Å². The molecule has 2 rings (SSSR count). The summed E-state index contributed by atoms with van der Waals surface area (Å²) in [6.07, 6.45) is 1.10. The highest BCUT2D eigenvalue weighted by Crippen LogP contribution is 2.32. The number of hydrogen-bond donors (Lipinski definition) is 1. The maximum absolute atomic E-state index is 10.6. The Balaban J connectivity index is 2.24. The molecule has 0 radical (unpaired) electrons. The zero-order chi connectivity index (χ0) is 14.7. The van der Waals surface area contributed by atoms with Gasteiger partial charge < -0.3 is 5.11 Å². The zero-order valence-electron chi connectivity index (χ0n) is 9.50. The van der Waals surface area contributed by atoms with Gasteiger partial charge in [0.1, 0.15) is 17.8 Å². The molecule has 12 heteroatoms. The average Bonchev–Trinajstić information content (AvgIpc) is 2.78. The molecular weight excluding hydrogens is 356 g/mol. The second-order valence-corrected chi connectivity index (χ2v) is 5.16. The van der Waals surface area contributed by atoms with Crippen LogP contribution >= 0.6 is 27.7 Å². The number of carboxylic acids is 1. The van der Waals surface area contributed by atoms with Crippen LogP contribution in [-0.4, -0.2) is 41.2 Å². The van der Waals surface area contributed by atoms with Crippen LogP contribution in [0.3, 0.4) is 0 Å². The number of hydrogen-bond acceptors (Lipinski definition) is 8. The first-order valence-electron chi connectivity index (χ1n) is 4.93. The summed E-state index contributed by atoms with van der Waals surface area (Å²) in [5, 5.41) is 30.5. The van der Waals surface area contributed by atoms with Crippen molar-refractivity contribution in [2.24, 2.45) is 0 Å². The van der Waals surface area contributed by atoms with Crippen molar-refractivity contribution >= 4 is 39.3 Å². The number of pyridine rings is 1. The lowest BCUT2D eigenvalue weighted by molar-refractivity contribution is -0.385. The molecule has 2 aromatic heterocycles. The van der Waals surface area contributed by atoms with Gasteiger partial charge in [-0.1, -0.05) is 0 Å². The normalized spacial score (nSPS) is 10.4. The van der Waals surface area contributed by atoms with Gasteiger partial charge >= 0.3 is 5.97 Å². The van der Waals surface area contributed by atoms with Gasteiger partial charge in [-0.3, -0.25) is 14.9 Å². The Morgan fingerprint density at radius 3 is 2.95 bits per heavy atom. The van der Waals surface area contributed by atoms with E-state index in [1.807, 2.05) is 0 Å². The Bertz CT molecular complexity index is 677. The minimum atomic E-state index is -1.09. The third-order valence-corrected chi connectivity index (χ3v) is 3.84. The molecule has 1 N–H and O–H groups in total. The molecule has 0 aromatic carbocycles. The molecule has 0 aliphatic rings. The van der Waals surface area contributed by atoms with Crippen LogP contribution in [0.4, 0.5) is 5.69 Å². The highest BCUT2D eigenvalue weighted by atomic mass is 79.9. The lowest BCUT2D eigenvalue weighted by Crippen LogP contribution is -2.11. The van der Waals surface area contributed by atoms with Crippen molar-refractivity contribution in [1.29, 1.82) is 0 Å². The smallest absolute Gasteiger partial charge is 0.325 e. The minimum absolute atomic E-state index is 0.161. The highest BCUT2D eigenvalue weighted by molar-refractivity contribution is 9.10. The number of carboxylic acid groups (broad SMARTS) is 1. The van der Waals surface area contributed by atoms with Gasteiger partial charge in [0.15, 0.2) is 0 Å². The number of nitrogens with zero attached hydrogens (tertiary/aromatic N) is 6. The van der Waals surface area contributed by atoms with Crippen LogP contribution in [0.15, 0.2) is 26.9 Å². The summed E-state index contributed by atoms with van der Waals surface area (Å²) in [5.74, 6) is -1.09. The standard InChI is InChI=1S/C8H5BrN6O4S/c9-5-1-4(15(18)19)2-10-7(5)20-8-11-12-13-14(8)3-6(16)17/h1-2H,3H2,(H,16,17). The van der Waals surface area contributed by atoms with Crippen molar-refractivity contribution in [2.75, 3.05) is 0 Å². The average molecular weight is 361 g/mol. The molecule has 0 aliphatic heterocycles. The van der Waals surface area contributed by atoms with Crippen molar-refractivity contribution in [2.45, 2.75) is 16.7 Å². The molecule has 0 saturated carbocycles. The summed E-state index contributed by atoms with van der Waals surface area (Å²) in [6, 6.07) is 1.29. The van der Waals surface area contributed by atoms with Crippen molar-refractivity contribution in [3.63, 3.8) is 0 Å². The number of halogens is 1. The van der Waals surface area contributed by atoms with Crippen LogP contribution < -0.4 is 0 Å². The number of aromatic nitrogens is 5. The summed E-state index contributed by atoms with van der Waals surface area (Å²) in [6.45, 7) is -0.389. The Kier molecular flexibility index (Phi) is 4.24. The second kappa shape index (κ2) is 5.92. The van der Waals surface area contributed by atoms with E-state index >= 15 is 0 Å². The van der Waals surface area contributed by atoms with Gasteiger partial charge in [0.05, 0.1) is 9.40 Å². The highest BCUT2D eigenvalue weighted by Gasteiger charge is 2.16. The maximum Gasteiger partial charge on any atom is 0.325 e. The fraction of sp³-hybridized carbons (Fsp3) is 0.125. The number of tetrazole rings is 1. The van der Waals surface area contributed by atoms with E-state index in [0.29, 0.717) is 9.50 Å². The first-order chi connectivity index (χ1) is 9.47. The van der Waals surface area contributed by atoms with E-state index in [-0.39, 0.29) is 17.4 Å². The van der Waals surface area contributed by atoms with E-state index in [1.54, 1.807) is 0 Å². The summed E-state index contributed by atoms with van der Waals surface area (Å²) in [4.78, 5) is 24.6. The number of nitro groups is 1. The van der Waals surface area contributed by atoms with Crippen LogP contribution in [0.25, 0.3) is 0 Å². The number of aliphatic carboxylic acids is 1. The molecule has 0 spiro atoms. The molecule has 0 aliphatic carbocycles. The molecule has 0 saturated heterocycles. The van der Waals surface area contributed by atoms with Gasteiger partial charge in [0.25, 0.3) is 5.69 Å². The van der Waals surface area contributed by atoms with E-state index < -0.39 is 10.9 Å². The molecular formula is C8H5BrN6O4S. The number of carbonyl (C=O) groups is 1. The van der Waals surface area contributed by atoms with E-state index in [1.165, 1.54) is 6.07 Å². The van der Waals surface area contributed by atoms with Crippen LogP contribution in [0.5, 0.6) is 0 Å². The summed E-state index contributed by atoms with van der Waals surface area (Å²) in [7, 11) is 0. The quantitative estimate of drug-likeness (QED) is 0.610. The molecule has 2 aromatic rings. The molecule has 2 heterocycles. The Labute approximate surface area is 123 Å². The Morgan fingerprint density at radius 2 is 2.35 bits per heavy atom. The molecule has 0 amide bonds. The molecule has 0 bridgehead atoms. The fourth-order valence-electron chi connectivity index (χ4n) is 1.17. The van der Waals surface area contributed by atoms with Crippen molar-refractivity contribution in [3.05, 3.63) is 26.9 Å². The largest absolute Gasteiger partial charge is 0.480 e. The summed E-state index contributed by atoms with van der Waals surface area (Å²) >= 11 is 4.15. The SMILES string of the molecule is O=C(O)Cn1nnnc1Sc1ncc([N+](=O)[O-])cc1Br. The Hall–Kier alpha value is -2.08.